The molecule has 0 aliphatic rings. The number of hydrogen-bond donors (Lipinski definition) is 2. The number of aryl methyl sites for hydroxylation is 1. The lowest BCUT2D eigenvalue weighted by Gasteiger charge is -2.19. The fourth-order valence-corrected chi connectivity index (χ4v) is 3.55. The van der Waals surface area contributed by atoms with E-state index in [2.05, 4.69) is 28.6 Å². The molecule has 9 heteroatoms. The molecule has 0 aliphatic carbocycles. The Morgan fingerprint density at radius 1 is 1.00 bits per heavy atom. The molecule has 0 atom stereocenters. The molecule has 0 radical (unpaired) electrons. The van der Waals surface area contributed by atoms with Crippen LogP contribution in [0.5, 0.6) is 17.2 Å². The summed E-state index contributed by atoms with van der Waals surface area (Å²) in [6, 6.07) is 7.72. The average molecular weight is 429 g/mol. The number of anilines is 3. The summed E-state index contributed by atoms with van der Waals surface area (Å²) in [5.74, 6) is 3.29. The van der Waals surface area contributed by atoms with E-state index in [1.54, 1.807) is 21.3 Å². The number of fused-ring (bicyclic) bond motifs is 1. The number of rotatable bonds is 11. The number of hydrogen-bond acceptors (Lipinski definition) is 8. The maximum atomic E-state index is 5.79. The zero-order chi connectivity index (χ0) is 22.4. The Morgan fingerprint density at radius 2 is 1.68 bits per heavy atom. The van der Waals surface area contributed by atoms with E-state index in [0.717, 1.165) is 42.2 Å². The summed E-state index contributed by atoms with van der Waals surface area (Å²) in [6.45, 7) is 7.32. The Bertz CT molecular complexity index is 991. The van der Waals surface area contributed by atoms with Crippen molar-refractivity contribution in [1.82, 2.24) is 14.5 Å². The molecular weight excluding hydrogens is 396 g/mol. The predicted molar refractivity (Wildman–Crippen MR) is 124 cm³/mol. The third kappa shape index (κ3) is 4.61. The van der Waals surface area contributed by atoms with Gasteiger partial charge in [0.2, 0.25) is 11.7 Å². The molecule has 0 bridgehead atoms. The van der Waals surface area contributed by atoms with Crippen LogP contribution in [0.4, 0.5) is 17.5 Å². The van der Waals surface area contributed by atoms with Crippen LogP contribution < -0.4 is 30.2 Å². The Labute approximate surface area is 183 Å². The summed E-state index contributed by atoms with van der Waals surface area (Å²) >= 11 is 0. The maximum Gasteiger partial charge on any atom is 0.209 e. The molecule has 3 N–H and O–H groups in total. The van der Waals surface area contributed by atoms with Crippen molar-refractivity contribution in [1.29, 1.82) is 0 Å². The second-order valence-corrected chi connectivity index (χ2v) is 6.95. The number of nitrogens with zero attached hydrogens (tertiary/aromatic N) is 4. The van der Waals surface area contributed by atoms with Gasteiger partial charge in [0.05, 0.1) is 21.3 Å². The molecule has 0 spiro atoms. The second-order valence-electron chi connectivity index (χ2n) is 6.95. The second kappa shape index (κ2) is 10.2. The first-order valence-corrected chi connectivity index (χ1v) is 10.5. The molecule has 9 nitrogen and oxygen atoms in total. The summed E-state index contributed by atoms with van der Waals surface area (Å²) < 4.78 is 18.4. The lowest BCUT2D eigenvalue weighted by molar-refractivity contribution is 0.324. The van der Waals surface area contributed by atoms with Gasteiger partial charge in [-0.2, -0.15) is 0 Å². The quantitative estimate of drug-likeness (QED) is 0.479. The van der Waals surface area contributed by atoms with E-state index in [1.165, 1.54) is 0 Å². The van der Waals surface area contributed by atoms with Gasteiger partial charge in [0.25, 0.3) is 0 Å². The van der Waals surface area contributed by atoms with E-state index in [4.69, 9.17) is 29.9 Å². The van der Waals surface area contributed by atoms with Crippen LogP contribution in [0.1, 0.15) is 20.3 Å². The molecule has 168 valence electrons. The molecule has 0 unspecified atom stereocenters. The van der Waals surface area contributed by atoms with Crippen LogP contribution in [0.3, 0.4) is 0 Å². The van der Waals surface area contributed by atoms with Gasteiger partial charge in [-0.3, -0.25) is 4.57 Å². The number of pyridine rings is 1. The van der Waals surface area contributed by atoms with Gasteiger partial charge in [-0.05, 0) is 38.9 Å². The van der Waals surface area contributed by atoms with Crippen molar-refractivity contribution in [2.45, 2.75) is 26.8 Å². The molecule has 2 aromatic heterocycles. The fraction of sp³-hybridized carbons (Fsp3) is 0.455. The van der Waals surface area contributed by atoms with Crippen LogP contribution in [0.25, 0.3) is 11.2 Å². The third-order valence-corrected chi connectivity index (χ3v) is 5.17. The summed E-state index contributed by atoms with van der Waals surface area (Å²) in [7, 11) is 4.77. The van der Waals surface area contributed by atoms with E-state index in [-0.39, 0.29) is 0 Å². The molecule has 31 heavy (non-hydrogen) atoms. The highest BCUT2D eigenvalue weighted by Crippen LogP contribution is 2.40. The highest BCUT2D eigenvalue weighted by molar-refractivity contribution is 5.78. The van der Waals surface area contributed by atoms with Crippen molar-refractivity contribution >= 4 is 28.6 Å². The Hall–Kier alpha value is -3.20. The average Bonchev–Trinajstić information content (AvgIpc) is 3.13. The molecule has 0 fully saturated rings. The molecule has 0 amide bonds. The Morgan fingerprint density at radius 3 is 2.23 bits per heavy atom. The third-order valence-electron chi connectivity index (χ3n) is 5.17. The Kier molecular flexibility index (Phi) is 7.41. The standard InChI is InChI=1S/C22H32N6O3/c1-6-27(7-2)19-10-9-16-21(26-19)28(12-8-11-23)22(25-16)24-15-13-17(29-3)20(31-5)18(14-15)30-4/h9-10,13-14H,6-8,11-12,23H2,1-5H3,(H,24,25). The topological polar surface area (TPSA) is 99.7 Å². The molecule has 0 saturated carbocycles. The molecule has 3 aromatic rings. The molecule has 0 saturated heterocycles. The van der Waals surface area contributed by atoms with Gasteiger partial charge in [-0.1, -0.05) is 0 Å². The van der Waals surface area contributed by atoms with E-state index in [1.807, 2.05) is 24.3 Å². The van der Waals surface area contributed by atoms with Crippen LogP contribution in [0.15, 0.2) is 24.3 Å². The molecule has 1 aromatic carbocycles. The van der Waals surface area contributed by atoms with Crippen LogP contribution in [-0.4, -0.2) is 55.5 Å². The number of nitrogens with two attached hydrogens (primary N) is 1. The zero-order valence-corrected chi connectivity index (χ0v) is 18.9. The number of ether oxygens (including phenoxy) is 3. The molecule has 3 rings (SSSR count). The van der Waals surface area contributed by atoms with Gasteiger partial charge in [0, 0.05) is 37.5 Å². The van der Waals surface area contributed by atoms with Crippen molar-refractivity contribution in [3.05, 3.63) is 24.3 Å². The summed E-state index contributed by atoms with van der Waals surface area (Å²) in [4.78, 5) is 11.9. The monoisotopic (exact) mass is 428 g/mol. The van der Waals surface area contributed by atoms with Crippen LogP contribution in [-0.2, 0) is 6.54 Å². The van der Waals surface area contributed by atoms with Crippen LogP contribution >= 0.6 is 0 Å². The number of benzene rings is 1. The highest BCUT2D eigenvalue weighted by Gasteiger charge is 2.17. The largest absolute Gasteiger partial charge is 0.493 e. The van der Waals surface area contributed by atoms with Crippen molar-refractivity contribution in [3.63, 3.8) is 0 Å². The van der Waals surface area contributed by atoms with Crippen LogP contribution in [0, 0.1) is 0 Å². The van der Waals surface area contributed by atoms with Gasteiger partial charge in [-0.15, -0.1) is 0 Å². The van der Waals surface area contributed by atoms with E-state index in [0.29, 0.717) is 36.3 Å². The summed E-state index contributed by atoms with van der Waals surface area (Å²) in [5.41, 5.74) is 8.21. The SMILES string of the molecule is CCN(CC)c1ccc2nc(Nc3cc(OC)c(OC)c(OC)c3)n(CCCN)c2n1. The van der Waals surface area contributed by atoms with Crippen molar-refractivity contribution in [2.24, 2.45) is 5.73 Å². The van der Waals surface area contributed by atoms with Crippen molar-refractivity contribution in [2.75, 3.05) is 51.2 Å². The first-order chi connectivity index (χ1) is 15.1. The lowest BCUT2D eigenvalue weighted by Crippen LogP contribution is -2.23. The smallest absolute Gasteiger partial charge is 0.209 e. The number of imidazole rings is 1. The minimum atomic E-state index is 0.540. The minimum absolute atomic E-state index is 0.540. The molecule has 2 heterocycles. The maximum absolute atomic E-state index is 5.79. The van der Waals surface area contributed by atoms with Gasteiger partial charge < -0.3 is 30.2 Å². The first-order valence-electron chi connectivity index (χ1n) is 10.5. The normalized spacial score (nSPS) is 10.9. The van der Waals surface area contributed by atoms with Crippen molar-refractivity contribution in [3.8, 4) is 17.2 Å². The number of aromatic nitrogens is 3. The molecule has 0 aliphatic heterocycles. The lowest BCUT2D eigenvalue weighted by atomic mass is 10.2. The Balaban J connectivity index is 2.07. The fourth-order valence-electron chi connectivity index (χ4n) is 3.55. The van der Waals surface area contributed by atoms with E-state index < -0.39 is 0 Å². The molecular formula is C22H32N6O3. The van der Waals surface area contributed by atoms with E-state index >= 15 is 0 Å². The minimum Gasteiger partial charge on any atom is -0.493 e. The highest BCUT2D eigenvalue weighted by atomic mass is 16.5. The summed E-state index contributed by atoms with van der Waals surface area (Å²) in [6.07, 6.45) is 0.812. The van der Waals surface area contributed by atoms with Gasteiger partial charge >= 0.3 is 0 Å². The summed E-state index contributed by atoms with van der Waals surface area (Å²) in [5, 5.41) is 3.39. The van der Waals surface area contributed by atoms with E-state index in [9.17, 15) is 0 Å². The number of nitrogens with one attached hydrogen (secondary N) is 1. The zero-order valence-electron chi connectivity index (χ0n) is 18.9. The van der Waals surface area contributed by atoms with Crippen LogP contribution in [0.2, 0.25) is 0 Å². The van der Waals surface area contributed by atoms with Crippen molar-refractivity contribution < 1.29 is 14.2 Å². The first kappa shape index (κ1) is 22.5. The van der Waals surface area contributed by atoms with Gasteiger partial charge in [0.15, 0.2) is 17.1 Å². The number of methoxy groups -OCH3 is 3. The van der Waals surface area contributed by atoms with Gasteiger partial charge in [-0.25, -0.2) is 9.97 Å². The van der Waals surface area contributed by atoms with Gasteiger partial charge in [0.1, 0.15) is 11.3 Å². The predicted octanol–water partition coefficient (Wildman–Crippen LogP) is 3.40.